The van der Waals surface area contributed by atoms with Crippen molar-refractivity contribution in [2.24, 2.45) is 0 Å². The van der Waals surface area contributed by atoms with Gasteiger partial charge in [-0.05, 0) is 24.6 Å². The van der Waals surface area contributed by atoms with E-state index in [9.17, 15) is 14.4 Å². The number of hydrogen-bond donors (Lipinski definition) is 0. The van der Waals surface area contributed by atoms with Gasteiger partial charge in [0.15, 0.2) is 0 Å². The molecule has 0 radical (unpaired) electrons. The Kier molecular flexibility index (Phi) is 7.06. The van der Waals surface area contributed by atoms with Crippen molar-refractivity contribution in [1.29, 1.82) is 0 Å². The van der Waals surface area contributed by atoms with E-state index >= 15 is 0 Å². The number of aryl methyl sites for hydroxylation is 1. The molecule has 0 N–H and O–H groups in total. The van der Waals surface area contributed by atoms with Crippen molar-refractivity contribution in [3.63, 3.8) is 0 Å². The lowest BCUT2D eigenvalue weighted by atomic mass is 10.1. The van der Waals surface area contributed by atoms with E-state index in [0.29, 0.717) is 30.9 Å². The van der Waals surface area contributed by atoms with Crippen LogP contribution in [0.4, 0.5) is 0 Å². The number of fused-ring (bicyclic) bond motifs is 1. The van der Waals surface area contributed by atoms with Gasteiger partial charge in [-0.3, -0.25) is 14.6 Å². The smallest absolute Gasteiger partial charge is 0.343 e. The van der Waals surface area contributed by atoms with Crippen molar-refractivity contribution >= 4 is 11.9 Å². The lowest BCUT2D eigenvalue weighted by Crippen LogP contribution is -2.35. The van der Waals surface area contributed by atoms with Gasteiger partial charge in [0.2, 0.25) is 5.91 Å². The van der Waals surface area contributed by atoms with Crippen LogP contribution in [0.25, 0.3) is 0 Å². The lowest BCUT2D eigenvalue weighted by Gasteiger charge is -2.20. The topological polar surface area (TPSA) is 90.7 Å². The highest BCUT2D eigenvalue weighted by molar-refractivity contribution is 5.93. The lowest BCUT2D eigenvalue weighted by molar-refractivity contribution is -0.130. The Morgan fingerprint density at radius 3 is 2.65 bits per heavy atom. The van der Waals surface area contributed by atoms with Gasteiger partial charge in [-0.2, -0.15) is 0 Å². The average Bonchev–Trinajstić information content (AvgIpc) is 3.07. The number of nitrogens with zero attached hydrogens (tertiary/aromatic N) is 3. The van der Waals surface area contributed by atoms with Crippen LogP contribution in [0.15, 0.2) is 59.5 Å². The number of amides is 1. The zero-order chi connectivity index (χ0) is 24.1. The highest BCUT2D eigenvalue weighted by atomic mass is 16.5. The minimum atomic E-state index is -0.584. The Hall–Kier alpha value is -3.94. The van der Waals surface area contributed by atoms with E-state index in [0.717, 1.165) is 11.1 Å². The number of methoxy groups -OCH3 is 1. The van der Waals surface area contributed by atoms with E-state index in [1.807, 2.05) is 37.3 Å². The van der Waals surface area contributed by atoms with Crippen molar-refractivity contribution in [2.75, 3.05) is 20.2 Å². The van der Waals surface area contributed by atoms with E-state index < -0.39 is 5.97 Å². The van der Waals surface area contributed by atoms with Gasteiger partial charge < -0.3 is 18.9 Å². The fourth-order valence-electron chi connectivity index (χ4n) is 4.18. The molecule has 3 heterocycles. The van der Waals surface area contributed by atoms with Crippen LogP contribution in [-0.2, 0) is 35.5 Å². The monoisotopic (exact) mass is 461 g/mol. The summed E-state index contributed by atoms with van der Waals surface area (Å²) >= 11 is 0. The fraction of sp³-hybridized carbons (Fsp3) is 0.308. The quantitative estimate of drug-likeness (QED) is 0.524. The van der Waals surface area contributed by atoms with Crippen LogP contribution >= 0.6 is 0 Å². The van der Waals surface area contributed by atoms with Gasteiger partial charge in [0.05, 0.1) is 19.2 Å². The average molecular weight is 462 g/mol. The van der Waals surface area contributed by atoms with Gasteiger partial charge in [-0.25, -0.2) is 4.79 Å². The number of rotatable bonds is 6. The number of hydrogen-bond acceptors (Lipinski definition) is 6. The number of pyridine rings is 2. The van der Waals surface area contributed by atoms with Gasteiger partial charge in [-0.1, -0.05) is 35.9 Å². The molecule has 1 amide bonds. The van der Waals surface area contributed by atoms with E-state index in [-0.39, 0.29) is 42.4 Å². The molecule has 0 spiro atoms. The zero-order valence-corrected chi connectivity index (χ0v) is 19.3. The Balaban J connectivity index is 1.58. The van der Waals surface area contributed by atoms with Crippen LogP contribution in [0.5, 0.6) is 5.75 Å². The standard InChI is InChI=1S/C26H27N3O5/c1-18-6-5-7-19(14-18)15-23(30)28-11-9-21-25(26(32)33-2)22(16-24(31)29(21)13-12-28)34-17-20-8-3-4-10-27-20/h3-8,10,14,16H,9,11-13,15,17H2,1-2H3. The molecule has 0 saturated heterocycles. The van der Waals surface area contributed by atoms with Crippen LogP contribution in [0, 0.1) is 6.92 Å². The summed E-state index contributed by atoms with van der Waals surface area (Å²) in [5.74, 6) is -0.440. The third-order valence-electron chi connectivity index (χ3n) is 5.88. The second-order valence-electron chi connectivity index (χ2n) is 8.22. The first kappa shape index (κ1) is 23.2. The normalized spacial score (nSPS) is 13.1. The molecular formula is C26H27N3O5. The summed E-state index contributed by atoms with van der Waals surface area (Å²) < 4.78 is 12.4. The van der Waals surface area contributed by atoms with Crippen molar-refractivity contribution < 1.29 is 19.1 Å². The third kappa shape index (κ3) is 5.17. The number of benzene rings is 1. The molecule has 8 nitrogen and oxygen atoms in total. The minimum absolute atomic E-state index is 0.0160. The maximum atomic E-state index is 13.0. The molecule has 2 aromatic heterocycles. The third-order valence-corrected chi connectivity index (χ3v) is 5.88. The van der Waals surface area contributed by atoms with Gasteiger partial charge >= 0.3 is 5.97 Å². The minimum Gasteiger partial charge on any atom is -0.486 e. The van der Waals surface area contributed by atoms with E-state index in [1.54, 1.807) is 27.8 Å². The molecular weight excluding hydrogens is 434 g/mol. The summed E-state index contributed by atoms with van der Waals surface area (Å²) in [4.78, 5) is 44.6. The summed E-state index contributed by atoms with van der Waals surface area (Å²) in [6.07, 6.45) is 2.27. The van der Waals surface area contributed by atoms with Gasteiger partial charge in [0, 0.05) is 44.0 Å². The van der Waals surface area contributed by atoms with Gasteiger partial charge in [0.25, 0.3) is 5.56 Å². The Labute approximate surface area is 197 Å². The summed E-state index contributed by atoms with van der Waals surface area (Å²) in [6, 6.07) is 14.6. The maximum absolute atomic E-state index is 13.0. The predicted molar refractivity (Wildman–Crippen MR) is 126 cm³/mol. The van der Waals surface area contributed by atoms with Crippen molar-refractivity contribution in [3.05, 3.63) is 93.2 Å². The van der Waals surface area contributed by atoms with Gasteiger partial charge in [-0.15, -0.1) is 0 Å². The van der Waals surface area contributed by atoms with Crippen LogP contribution in [0.1, 0.15) is 32.9 Å². The van der Waals surface area contributed by atoms with Crippen LogP contribution in [-0.4, -0.2) is 46.5 Å². The zero-order valence-electron chi connectivity index (χ0n) is 19.3. The molecule has 0 fully saturated rings. The molecule has 1 aliphatic heterocycles. The maximum Gasteiger partial charge on any atom is 0.343 e. The number of carbonyl (C=O) groups excluding carboxylic acids is 2. The molecule has 4 rings (SSSR count). The second-order valence-corrected chi connectivity index (χ2v) is 8.22. The fourth-order valence-corrected chi connectivity index (χ4v) is 4.18. The molecule has 1 aliphatic rings. The van der Waals surface area contributed by atoms with Crippen LogP contribution in [0.3, 0.4) is 0 Å². The van der Waals surface area contributed by atoms with Gasteiger partial charge in [0.1, 0.15) is 17.9 Å². The van der Waals surface area contributed by atoms with Crippen molar-refractivity contribution in [3.8, 4) is 5.75 Å². The Morgan fingerprint density at radius 2 is 1.91 bits per heavy atom. The second kappa shape index (κ2) is 10.3. The van der Waals surface area contributed by atoms with Crippen molar-refractivity contribution in [2.45, 2.75) is 32.9 Å². The van der Waals surface area contributed by atoms with Crippen LogP contribution in [0.2, 0.25) is 0 Å². The summed E-state index contributed by atoms with van der Waals surface area (Å²) in [7, 11) is 1.29. The molecule has 0 aliphatic carbocycles. The summed E-state index contributed by atoms with van der Waals surface area (Å²) in [6.45, 7) is 3.15. The molecule has 0 atom stereocenters. The number of aromatic nitrogens is 2. The molecule has 0 bridgehead atoms. The number of ether oxygens (including phenoxy) is 2. The summed E-state index contributed by atoms with van der Waals surface area (Å²) in [5, 5.41) is 0. The number of esters is 1. The molecule has 34 heavy (non-hydrogen) atoms. The molecule has 0 saturated carbocycles. The molecule has 0 unspecified atom stereocenters. The number of carbonyl (C=O) groups is 2. The first-order chi connectivity index (χ1) is 16.5. The largest absolute Gasteiger partial charge is 0.486 e. The van der Waals surface area contributed by atoms with E-state index in [4.69, 9.17) is 9.47 Å². The SMILES string of the molecule is COC(=O)c1c(OCc2ccccn2)cc(=O)n2c1CCN(C(=O)Cc1cccc(C)c1)CC2. The molecule has 3 aromatic rings. The van der Waals surface area contributed by atoms with E-state index in [2.05, 4.69) is 4.98 Å². The van der Waals surface area contributed by atoms with Crippen LogP contribution < -0.4 is 10.3 Å². The molecule has 1 aromatic carbocycles. The predicted octanol–water partition coefficient (Wildman–Crippen LogP) is 2.54. The highest BCUT2D eigenvalue weighted by Crippen LogP contribution is 2.25. The molecule has 176 valence electrons. The first-order valence-corrected chi connectivity index (χ1v) is 11.2. The Bertz CT molecular complexity index is 1250. The highest BCUT2D eigenvalue weighted by Gasteiger charge is 2.27. The summed E-state index contributed by atoms with van der Waals surface area (Å²) in [5.41, 5.74) is 3.16. The Morgan fingerprint density at radius 1 is 1.06 bits per heavy atom. The van der Waals surface area contributed by atoms with E-state index in [1.165, 1.54) is 13.2 Å². The molecule has 8 heteroatoms. The first-order valence-electron chi connectivity index (χ1n) is 11.2. The van der Waals surface area contributed by atoms with Crippen molar-refractivity contribution in [1.82, 2.24) is 14.5 Å².